The van der Waals surface area contributed by atoms with E-state index in [1.54, 1.807) is 0 Å². The van der Waals surface area contributed by atoms with E-state index in [9.17, 15) is 17.6 Å². The molecular weight excluding hydrogens is 338 g/mol. The summed E-state index contributed by atoms with van der Waals surface area (Å²) >= 11 is 0. The highest BCUT2D eigenvalue weighted by atomic mass is 19.2. The normalized spacial score (nSPS) is 11.4. The molecule has 0 aliphatic carbocycles. The number of benzene rings is 2. The van der Waals surface area contributed by atoms with Gasteiger partial charge in [0.15, 0.2) is 23.3 Å². The molecule has 0 unspecified atom stereocenters. The monoisotopic (exact) mass is 358 g/mol. The summed E-state index contributed by atoms with van der Waals surface area (Å²) in [5, 5.41) is 0. The van der Waals surface area contributed by atoms with Gasteiger partial charge in [-0.1, -0.05) is 0 Å². The van der Waals surface area contributed by atoms with Crippen LogP contribution < -0.4 is 9.47 Å². The molecule has 0 radical (unpaired) electrons. The van der Waals surface area contributed by atoms with E-state index in [-0.39, 0.29) is 11.5 Å². The molecule has 0 saturated carbocycles. The molecule has 0 spiro atoms. The average Bonchev–Trinajstić information content (AvgIpc) is 2.54. The number of hydrogen-bond donors (Lipinski definition) is 0. The van der Waals surface area contributed by atoms with E-state index < -0.39 is 23.3 Å². The fourth-order valence-corrected chi connectivity index (χ4v) is 2.07. The van der Waals surface area contributed by atoms with Crippen molar-refractivity contribution in [3.8, 4) is 11.5 Å². The lowest BCUT2D eigenvalue weighted by atomic mass is 10.3. The van der Waals surface area contributed by atoms with Crippen LogP contribution in [0.2, 0.25) is 0 Å². The summed E-state index contributed by atoms with van der Waals surface area (Å²) in [4.78, 5) is 0. The molecular formula is C18H20F4NO2+. The molecule has 136 valence electrons. The fraction of sp³-hybridized carbons (Fsp3) is 0.333. The molecule has 3 nitrogen and oxygen atoms in total. The molecule has 2 rings (SSSR count). The van der Waals surface area contributed by atoms with Crippen molar-refractivity contribution < 1.29 is 31.5 Å². The van der Waals surface area contributed by atoms with Crippen LogP contribution in [-0.4, -0.2) is 44.9 Å². The van der Waals surface area contributed by atoms with Crippen molar-refractivity contribution in [1.82, 2.24) is 0 Å². The maximum atomic E-state index is 13.1. The topological polar surface area (TPSA) is 18.5 Å². The lowest BCUT2D eigenvalue weighted by Crippen LogP contribution is -2.45. The van der Waals surface area contributed by atoms with Crippen LogP contribution in [0.25, 0.3) is 0 Å². The smallest absolute Gasteiger partial charge is 0.162 e. The highest BCUT2D eigenvalue weighted by Crippen LogP contribution is 2.16. The van der Waals surface area contributed by atoms with Crippen LogP contribution in [0, 0.1) is 23.3 Å². The van der Waals surface area contributed by atoms with Crippen LogP contribution in [0.1, 0.15) is 0 Å². The van der Waals surface area contributed by atoms with E-state index in [0.29, 0.717) is 30.8 Å². The van der Waals surface area contributed by atoms with Crippen molar-refractivity contribution in [2.24, 2.45) is 0 Å². The minimum Gasteiger partial charge on any atom is -0.488 e. The Hall–Kier alpha value is -2.28. The van der Waals surface area contributed by atoms with Gasteiger partial charge in [-0.3, -0.25) is 0 Å². The highest BCUT2D eigenvalue weighted by molar-refractivity contribution is 5.24. The summed E-state index contributed by atoms with van der Waals surface area (Å²) < 4.78 is 63.3. The summed E-state index contributed by atoms with van der Waals surface area (Å²) in [6.07, 6.45) is 0. The quantitative estimate of drug-likeness (QED) is 0.528. The summed E-state index contributed by atoms with van der Waals surface area (Å²) in [7, 11) is 3.90. The molecule has 0 aromatic heterocycles. The minimum atomic E-state index is -0.953. The standard InChI is InChI=1S/C18H20F4NO2/c1-23(2,7-9-24-13-3-5-15(19)17(21)11-13)8-10-25-14-4-6-16(20)18(22)12-14/h3-6,11-12H,7-10H2,1-2H3/q+1. The lowest BCUT2D eigenvalue weighted by molar-refractivity contribution is -0.890. The van der Waals surface area contributed by atoms with E-state index in [2.05, 4.69) is 0 Å². The second-order valence-corrected chi connectivity index (χ2v) is 6.23. The van der Waals surface area contributed by atoms with Crippen molar-refractivity contribution >= 4 is 0 Å². The number of ether oxygens (including phenoxy) is 2. The molecule has 0 N–H and O–H groups in total. The Bertz CT molecular complexity index is 663. The molecule has 0 heterocycles. The average molecular weight is 358 g/mol. The SMILES string of the molecule is C[N+](C)(CCOc1ccc(F)c(F)c1)CCOc1ccc(F)c(F)c1. The van der Waals surface area contributed by atoms with Crippen molar-refractivity contribution in [1.29, 1.82) is 0 Å². The van der Waals surface area contributed by atoms with Gasteiger partial charge in [0.2, 0.25) is 0 Å². The fourth-order valence-electron chi connectivity index (χ4n) is 2.07. The molecule has 25 heavy (non-hydrogen) atoms. The van der Waals surface area contributed by atoms with Gasteiger partial charge in [0.05, 0.1) is 14.1 Å². The van der Waals surface area contributed by atoms with Crippen LogP contribution in [-0.2, 0) is 0 Å². The Balaban J connectivity index is 1.75. The van der Waals surface area contributed by atoms with Gasteiger partial charge >= 0.3 is 0 Å². The van der Waals surface area contributed by atoms with Crippen LogP contribution in [0.4, 0.5) is 17.6 Å². The number of nitrogens with zero attached hydrogens (tertiary/aromatic N) is 1. The van der Waals surface area contributed by atoms with Gasteiger partial charge < -0.3 is 14.0 Å². The predicted molar refractivity (Wildman–Crippen MR) is 85.5 cm³/mol. The minimum absolute atomic E-state index is 0.261. The Kier molecular flexibility index (Phi) is 6.25. The number of likely N-dealkylation sites (N-methyl/N-ethyl adjacent to an activating group) is 1. The van der Waals surface area contributed by atoms with Crippen molar-refractivity contribution in [2.45, 2.75) is 0 Å². The first-order valence-corrected chi connectivity index (χ1v) is 7.74. The van der Waals surface area contributed by atoms with Crippen molar-refractivity contribution in [3.05, 3.63) is 59.7 Å². The first-order chi connectivity index (χ1) is 11.8. The van der Waals surface area contributed by atoms with Gasteiger partial charge in [0.1, 0.15) is 37.8 Å². The zero-order chi connectivity index (χ0) is 18.4. The molecule has 0 aliphatic heterocycles. The first-order valence-electron chi connectivity index (χ1n) is 7.74. The van der Waals surface area contributed by atoms with Crippen LogP contribution in [0.5, 0.6) is 11.5 Å². The van der Waals surface area contributed by atoms with E-state index in [1.807, 2.05) is 14.1 Å². The first kappa shape index (κ1) is 19.1. The maximum absolute atomic E-state index is 13.1. The Labute approximate surface area is 144 Å². The van der Waals surface area contributed by atoms with E-state index in [1.165, 1.54) is 12.1 Å². The van der Waals surface area contributed by atoms with E-state index in [0.717, 1.165) is 24.3 Å². The zero-order valence-electron chi connectivity index (χ0n) is 14.1. The lowest BCUT2D eigenvalue weighted by Gasteiger charge is -2.29. The number of rotatable bonds is 8. The zero-order valence-corrected chi connectivity index (χ0v) is 14.1. The molecule has 0 fully saturated rings. The van der Waals surface area contributed by atoms with Gasteiger partial charge in [-0.25, -0.2) is 17.6 Å². The maximum Gasteiger partial charge on any atom is 0.162 e. The van der Waals surface area contributed by atoms with Gasteiger partial charge in [0.25, 0.3) is 0 Å². The molecule has 0 aliphatic rings. The van der Waals surface area contributed by atoms with Crippen molar-refractivity contribution in [3.63, 3.8) is 0 Å². The Morgan fingerprint density at radius 3 is 1.44 bits per heavy atom. The summed E-state index contributed by atoms with van der Waals surface area (Å²) in [5.74, 6) is -3.22. The van der Waals surface area contributed by atoms with Crippen LogP contribution in [0.15, 0.2) is 36.4 Å². The third-order valence-electron chi connectivity index (χ3n) is 3.71. The molecule has 2 aromatic carbocycles. The van der Waals surface area contributed by atoms with Crippen molar-refractivity contribution in [2.75, 3.05) is 40.4 Å². The highest BCUT2D eigenvalue weighted by Gasteiger charge is 2.16. The molecule has 2 aromatic rings. The van der Waals surface area contributed by atoms with Crippen LogP contribution in [0.3, 0.4) is 0 Å². The van der Waals surface area contributed by atoms with Gasteiger partial charge in [0, 0.05) is 12.1 Å². The summed E-state index contributed by atoms with van der Waals surface area (Å²) in [6, 6.07) is 6.76. The predicted octanol–water partition coefficient (Wildman–Crippen LogP) is 3.78. The molecule has 0 saturated heterocycles. The van der Waals surface area contributed by atoms with Gasteiger partial charge in [-0.15, -0.1) is 0 Å². The second kappa shape index (κ2) is 8.20. The third kappa shape index (κ3) is 5.94. The molecule has 0 bridgehead atoms. The molecule has 7 heteroatoms. The van der Waals surface area contributed by atoms with Crippen LogP contribution >= 0.6 is 0 Å². The number of halogens is 4. The third-order valence-corrected chi connectivity index (χ3v) is 3.71. The van der Waals surface area contributed by atoms with E-state index >= 15 is 0 Å². The van der Waals surface area contributed by atoms with Gasteiger partial charge in [-0.05, 0) is 24.3 Å². The van der Waals surface area contributed by atoms with Gasteiger partial charge in [-0.2, -0.15) is 0 Å². The second-order valence-electron chi connectivity index (χ2n) is 6.23. The number of hydrogen-bond acceptors (Lipinski definition) is 2. The molecule has 0 amide bonds. The Morgan fingerprint density at radius 2 is 1.08 bits per heavy atom. The summed E-state index contributed by atoms with van der Waals surface area (Å²) in [5.41, 5.74) is 0. The largest absolute Gasteiger partial charge is 0.488 e. The Morgan fingerprint density at radius 1 is 0.680 bits per heavy atom. The summed E-state index contributed by atoms with van der Waals surface area (Å²) in [6.45, 7) is 1.81. The molecule has 0 atom stereocenters. The van der Waals surface area contributed by atoms with E-state index in [4.69, 9.17) is 9.47 Å². The number of quaternary nitrogens is 1.